The predicted molar refractivity (Wildman–Crippen MR) is 143 cm³/mol. The Hall–Kier alpha value is -3.14. The molecule has 0 saturated carbocycles. The highest BCUT2D eigenvalue weighted by molar-refractivity contribution is 14.0. The average molecular weight is 555 g/mol. The summed E-state index contributed by atoms with van der Waals surface area (Å²) in [4.78, 5) is 19.0. The van der Waals surface area contributed by atoms with Crippen LogP contribution in [0.4, 0.5) is 0 Å². The van der Waals surface area contributed by atoms with Crippen LogP contribution in [0, 0.1) is 0 Å². The van der Waals surface area contributed by atoms with Crippen LogP contribution in [0.1, 0.15) is 23.9 Å². The Labute approximate surface area is 212 Å². The number of rotatable bonds is 8. The minimum absolute atomic E-state index is 0. The van der Waals surface area contributed by atoms with E-state index < -0.39 is 0 Å². The van der Waals surface area contributed by atoms with Crippen LogP contribution in [0.2, 0.25) is 0 Å². The molecule has 0 fully saturated rings. The molecule has 33 heavy (non-hydrogen) atoms. The predicted octanol–water partition coefficient (Wildman–Crippen LogP) is 4.54. The van der Waals surface area contributed by atoms with Crippen LogP contribution < -0.4 is 5.32 Å². The van der Waals surface area contributed by atoms with Crippen molar-refractivity contribution in [1.82, 2.24) is 29.7 Å². The number of benzene rings is 2. The van der Waals surface area contributed by atoms with Crippen LogP contribution in [0.3, 0.4) is 0 Å². The van der Waals surface area contributed by atoms with E-state index in [4.69, 9.17) is 4.99 Å². The summed E-state index contributed by atoms with van der Waals surface area (Å²) in [6, 6.07) is 18.8. The van der Waals surface area contributed by atoms with Gasteiger partial charge in [-0.3, -0.25) is 0 Å². The average Bonchev–Trinajstić information content (AvgIpc) is 3.50. The molecule has 0 unspecified atom stereocenters. The van der Waals surface area contributed by atoms with Crippen molar-refractivity contribution in [3.05, 3.63) is 96.5 Å². The zero-order chi connectivity index (χ0) is 22.2. The van der Waals surface area contributed by atoms with E-state index in [9.17, 15) is 0 Å². The summed E-state index contributed by atoms with van der Waals surface area (Å²) < 4.78 is 2.06. The van der Waals surface area contributed by atoms with Gasteiger partial charge in [0.15, 0.2) is 5.96 Å². The molecule has 0 bridgehead atoms. The van der Waals surface area contributed by atoms with Gasteiger partial charge in [-0.15, -0.1) is 24.0 Å². The van der Waals surface area contributed by atoms with Crippen molar-refractivity contribution >= 4 is 29.9 Å². The van der Waals surface area contributed by atoms with Gasteiger partial charge < -0.3 is 19.8 Å². The third-order valence-electron chi connectivity index (χ3n) is 5.12. The molecule has 0 aliphatic rings. The van der Waals surface area contributed by atoms with Gasteiger partial charge in [-0.25, -0.2) is 15.0 Å². The van der Waals surface area contributed by atoms with Gasteiger partial charge in [0, 0.05) is 32.5 Å². The molecule has 0 amide bonds. The summed E-state index contributed by atoms with van der Waals surface area (Å²) in [6.45, 7) is 4.93. The molecule has 0 aliphatic heterocycles. The Morgan fingerprint density at radius 2 is 1.94 bits per heavy atom. The molecule has 0 spiro atoms. The largest absolute Gasteiger partial charge is 0.357 e. The number of hydrogen-bond acceptors (Lipinski definition) is 3. The number of hydrogen-bond donors (Lipinski definition) is 2. The van der Waals surface area contributed by atoms with Gasteiger partial charge in [0.1, 0.15) is 5.82 Å². The van der Waals surface area contributed by atoms with Gasteiger partial charge in [0.25, 0.3) is 0 Å². The number of aliphatic imine (C=N–C) groups is 1. The van der Waals surface area contributed by atoms with Crippen molar-refractivity contribution in [1.29, 1.82) is 0 Å². The summed E-state index contributed by atoms with van der Waals surface area (Å²) in [5.41, 5.74) is 4.56. The second-order valence-electron chi connectivity index (χ2n) is 7.69. The maximum atomic E-state index is 4.85. The fourth-order valence-corrected chi connectivity index (χ4v) is 3.56. The Morgan fingerprint density at radius 3 is 2.70 bits per heavy atom. The molecule has 2 aromatic carbocycles. The number of nitrogens with zero attached hydrogens (tertiary/aromatic N) is 5. The molecule has 8 heteroatoms. The normalized spacial score (nSPS) is 11.2. The van der Waals surface area contributed by atoms with E-state index in [-0.39, 0.29) is 24.0 Å². The van der Waals surface area contributed by atoms with Gasteiger partial charge in [0.05, 0.1) is 31.3 Å². The molecule has 172 valence electrons. The highest BCUT2D eigenvalue weighted by Crippen LogP contribution is 2.16. The molecular formula is C25H30IN7. The van der Waals surface area contributed by atoms with Crippen molar-refractivity contribution in [2.75, 3.05) is 13.6 Å². The summed E-state index contributed by atoms with van der Waals surface area (Å²) in [5.74, 6) is 1.75. The van der Waals surface area contributed by atoms with Crippen molar-refractivity contribution in [2.45, 2.75) is 26.6 Å². The number of aromatic amines is 1. The lowest BCUT2D eigenvalue weighted by Crippen LogP contribution is -2.38. The van der Waals surface area contributed by atoms with E-state index in [1.165, 1.54) is 11.1 Å². The third-order valence-corrected chi connectivity index (χ3v) is 5.12. The summed E-state index contributed by atoms with van der Waals surface area (Å²) in [5, 5.41) is 3.38. The number of imidazole rings is 2. The highest BCUT2D eigenvalue weighted by Gasteiger charge is 2.10. The second kappa shape index (κ2) is 12.2. The first-order valence-corrected chi connectivity index (χ1v) is 10.8. The number of guanidine groups is 1. The smallest absolute Gasteiger partial charge is 0.194 e. The molecule has 0 atom stereocenters. The lowest BCUT2D eigenvalue weighted by atomic mass is 10.1. The second-order valence-corrected chi connectivity index (χ2v) is 7.69. The first-order valence-electron chi connectivity index (χ1n) is 10.8. The Bertz CT molecular complexity index is 1140. The fourth-order valence-electron chi connectivity index (χ4n) is 3.56. The van der Waals surface area contributed by atoms with Gasteiger partial charge in [0.2, 0.25) is 0 Å². The topological polar surface area (TPSA) is 74.1 Å². The number of halogens is 1. The van der Waals surface area contributed by atoms with E-state index in [1.807, 2.05) is 44.0 Å². The summed E-state index contributed by atoms with van der Waals surface area (Å²) in [6.07, 6.45) is 7.49. The van der Waals surface area contributed by atoms with Crippen LogP contribution in [0.5, 0.6) is 0 Å². The highest BCUT2D eigenvalue weighted by atomic mass is 127. The molecule has 7 nitrogen and oxygen atoms in total. The van der Waals surface area contributed by atoms with E-state index in [1.54, 1.807) is 6.20 Å². The SMILES string of the molecule is CCNC(=NCc1cccc(Cn2ccnc2)c1)N(C)Cc1ncc(-c2ccccc2)[nH]1.I. The zero-order valence-electron chi connectivity index (χ0n) is 19.0. The van der Waals surface area contributed by atoms with Gasteiger partial charge >= 0.3 is 0 Å². The Balaban J connectivity index is 0.00000306. The first kappa shape index (κ1) is 24.5. The lowest BCUT2D eigenvalue weighted by molar-refractivity contribution is 0.464. The van der Waals surface area contributed by atoms with E-state index in [0.717, 1.165) is 36.1 Å². The zero-order valence-corrected chi connectivity index (χ0v) is 21.3. The van der Waals surface area contributed by atoms with Crippen LogP contribution >= 0.6 is 24.0 Å². The molecule has 2 heterocycles. The molecular weight excluding hydrogens is 525 g/mol. The first-order chi connectivity index (χ1) is 15.7. The molecule has 0 saturated heterocycles. The minimum Gasteiger partial charge on any atom is -0.357 e. The Kier molecular flexibility index (Phi) is 9.05. The van der Waals surface area contributed by atoms with Crippen LogP contribution in [0.15, 0.2) is 84.5 Å². The lowest BCUT2D eigenvalue weighted by Gasteiger charge is -2.21. The molecule has 2 aromatic heterocycles. The third kappa shape index (κ3) is 6.92. The van der Waals surface area contributed by atoms with Crippen LogP contribution in [-0.2, 0) is 19.6 Å². The molecule has 0 radical (unpaired) electrons. The van der Waals surface area contributed by atoms with Gasteiger partial charge in [-0.1, -0.05) is 54.6 Å². The quantitative estimate of drug-likeness (QED) is 0.190. The Morgan fingerprint density at radius 1 is 1.12 bits per heavy atom. The minimum atomic E-state index is 0. The van der Waals surface area contributed by atoms with Gasteiger partial charge in [-0.05, 0) is 23.6 Å². The number of nitrogens with one attached hydrogen (secondary N) is 2. The van der Waals surface area contributed by atoms with E-state index in [2.05, 4.69) is 73.1 Å². The molecule has 0 aliphatic carbocycles. The maximum absolute atomic E-state index is 4.85. The number of H-pyrrole nitrogens is 1. The van der Waals surface area contributed by atoms with Gasteiger partial charge in [-0.2, -0.15) is 0 Å². The number of aromatic nitrogens is 4. The molecule has 4 aromatic rings. The van der Waals surface area contributed by atoms with E-state index in [0.29, 0.717) is 13.1 Å². The van der Waals surface area contributed by atoms with Crippen molar-refractivity contribution < 1.29 is 0 Å². The van der Waals surface area contributed by atoms with Crippen LogP contribution in [0.25, 0.3) is 11.3 Å². The maximum Gasteiger partial charge on any atom is 0.194 e. The standard InChI is InChI=1S/C25H29N7.HI/c1-3-27-25(29-15-20-8-7-9-21(14-20)17-32-13-12-26-19-32)31(2)18-24-28-16-23(30-24)22-10-5-4-6-11-22;/h4-14,16,19H,3,15,17-18H2,1-2H3,(H,27,29)(H,28,30);1H. The van der Waals surface area contributed by atoms with Crippen molar-refractivity contribution in [3.63, 3.8) is 0 Å². The van der Waals surface area contributed by atoms with Crippen molar-refractivity contribution in [3.8, 4) is 11.3 Å². The van der Waals surface area contributed by atoms with Crippen molar-refractivity contribution in [2.24, 2.45) is 4.99 Å². The molecule has 2 N–H and O–H groups in total. The molecule has 4 rings (SSSR count). The fraction of sp³-hybridized carbons (Fsp3) is 0.240. The summed E-state index contributed by atoms with van der Waals surface area (Å²) >= 11 is 0. The summed E-state index contributed by atoms with van der Waals surface area (Å²) in [7, 11) is 2.03. The monoisotopic (exact) mass is 555 g/mol. The van der Waals surface area contributed by atoms with E-state index >= 15 is 0 Å². The van der Waals surface area contributed by atoms with Crippen LogP contribution in [-0.4, -0.2) is 44.0 Å².